The molecule has 0 saturated heterocycles. The molecule has 2 aliphatic carbocycles. The first-order chi connectivity index (χ1) is 9.82. The molecule has 3 N–H and O–H groups in total. The van der Waals surface area contributed by atoms with Crippen molar-refractivity contribution in [2.24, 2.45) is 5.41 Å². The third-order valence-corrected chi connectivity index (χ3v) is 4.67. The Hall–Kier alpha value is -0.810. The van der Waals surface area contributed by atoms with Crippen molar-refractivity contribution in [1.29, 1.82) is 0 Å². The lowest BCUT2D eigenvalue weighted by Gasteiger charge is -2.52. The van der Waals surface area contributed by atoms with Crippen molar-refractivity contribution in [3.05, 3.63) is 0 Å². The molecule has 0 radical (unpaired) electrons. The lowest BCUT2D eigenvalue weighted by atomic mass is 9.57. The van der Waals surface area contributed by atoms with E-state index >= 15 is 0 Å². The van der Waals surface area contributed by atoms with Crippen molar-refractivity contribution in [3.63, 3.8) is 0 Å². The van der Waals surface area contributed by atoms with E-state index in [1.54, 1.807) is 0 Å². The smallest absolute Gasteiger partial charge is 0.407 e. The SMILES string of the molecule is CC(C)(C)OC(=O)NC1CCC2(CC1)CC(NCCO)C2. The number of amides is 1. The maximum atomic E-state index is 11.8. The molecule has 0 aliphatic heterocycles. The fourth-order valence-electron chi connectivity index (χ4n) is 3.66. The molecule has 0 aromatic carbocycles. The molecule has 0 unspecified atom stereocenters. The molecule has 5 nitrogen and oxygen atoms in total. The van der Waals surface area contributed by atoms with Gasteiger partial charge in [0.05, 0.1) is 6.61 Å². The third-order valence-electron chi connectivity index (χ3n) is 4.67. The van der Waals surface area contributed by atoms with E-state index in [1.165, 1.54) is 25.7 Å². The highest BCUT2D eigenvalue weighted by molar-refractivity contribution is 5.68. The number of rotatable bonds is 4. The summed E-state index contributed by atoms with van der Waals surface area (Å²) in [5, 5.41) is 15.2. The molecule has 1 spiro atoms. The lowest BCUT2D eigenvalue weighted by Crippen LogP contribution is -2.53. The van der Waals surface area contributed by atoms with E-state index < -0.39 is 5.60 Å². The van der Waals surface area contributed by atoms with Crippen LogP contribution >= 0.6 is 0 Å². The first kappa shape index (κ1) is 16.6. The van der Waals surface area contributed by atoms with Crippen molar-refractivity contribution in [3.8, 4) is 0 Å². The van der Waals surface area contributed by atoms with Crippen LogP contribution in [0.4, 0.5) is 4.79 Å². The van der Waals surface area contributed by atoms with Crippen LogP contribution in [-0.4, -0.2) is 42.0 Å². The summed E-state index contributed by atoms with van der Waals surface area (Å²) >= 11 is 0. The van der Waals surface area contributed by atoms with Crippen LogP contribution in [0.2, 0.25) is 0 Å². The minimum absolute atomic E-state index is 0.214. The van der Waals surface area contributed by atoms with Gasteiger partial charge in [-0.15, -0.1) is 0 Å². The van der Waals surface area contributed by atoms with Crippen LogP contribution in [0.1, 0.15) is 59.3 Å². The van der Waals surface area contributed by atoms with Crippen molar-refractivity contribution >= 4 is 6.09 Å². The zero-order valence-electron chi connectivity index (χ0n) is 13.6. The third kappa shape index (κ3) is 4.85. The summed E-state index contributed by atoms with van der Waals surface area (Å²) in [6, 6.07) is 0.836. The van der Waals surface area contributed by atoms with E-state index in [0.29, 0.717) is 18.0 Å². The second-order valence-corrected chi connectivity index (χ2v) is 7.70. The fourth-order valence-corrected chi connectivity index (χ4v) is 3.66. The van der Waals surface area contributed by atoms with Crippen LogP contribution in [0.5, 0.6) is 0 Å². The molecule has 122 valence electrons. The van der Waals surface area contributed by atoms with E-state index in [1.807, 2.05) is 20.8 Å². The highest BCUT2D eigenvalue weighted by atomic mass is 16.6. The predicted octanol–water partition coefficient (Wildman–Crippen LogP) is 2.18. The van der Waals surface area contributed by atoms with Gasteiger partial charge < -0.3 is 20.5 Å². The standard InChI is InChI=1S/C16H30N2O3/c1-15(2,3)21-14(20)18-12-4-6-16(7-5-12)10-13(11-16)17-8-9-19/h12-13,17,19H,4-11H2,1-3H3,(H,18,20). The zero-order valence-corrected chi connectivity index (χ0v) is 13.6. The highest BCUT2D eigenvalue weighted by Crippen LogP contribution is 2.51. The quantitative estimate of drug-likeness (QED) is 0.744. The summed E-state index contributed by atoms with van der Waals surface area (Å²) in [6.45, 7) is 6.57. The fraction of sp³-hybridized carbons (Fsp3) is 0.938. The molecule has 2 rings (SSSR count). The number of hydrogen-bond acceptors (Lipinski definition) is 4. The number of ether oxygens (including phenoxy) is 1. The lowest BCUT2D eigenvalue weighted by molar-refractivity contribution is 0.0200. The summed E-state index contributed by atoms with van der Waals surface area (Å²) in [5.41, 5.74) is 0.0543. The number of carbonyl (C=O) groups excluding carboxylic acids is 1. The van der Waals surface area contributed by atoms with E-state index in [0.717, 1.165) is 12.8 Å². The van der Waals surface area contributed by atoms with E-state index in [9.17, 15) is 4.79 Å². The van der Waals surface area contributed by atoms with Gasteiger partial charge in [-0.05, 0) is 64.7 Å². The van der Waals surface area contributed by atoms with Crippen LogP contribution < -0.4 is 10.6 Å². The Morgan fingerprint density at radius 3 is 2.38 bits per heavy atom. The molecular formula is C16H30N2O3. The molecule has 0 aromatic heterocycles. The largest absolute Gasteiger partial charge is 0.444 e. The van der Waals surface area contributed by atoms with Gasteiger partial charge in [-0.2, -0.15) is 0 Å². The van der Waals surface area contributed by atoms with Gasteiger partial charge in [0.2, 0.25) is 0 Å². The monoisotopic (exact) mass is 298 g/mol. The Kier molecular flexibility index (Phi) is 5.15. The first-order valence-electron chi connectivity index (χ1n) is 8.16. The van der Waals surface area contributed by atoms with Gasteiger partial charge in [0.1, 0.15) is 5.60 Å². The molecular weight excluding hydrogens is 268 g/mol. The van der Waals surface area contributed by atoms with Crippen molar-refractivity contribution in [2.45, 2.75) is 77.0 Å². The van der Waals surface area contributed by atoms with Gasteiger partial charge in [-0.3, -0.25) is 0 Å². The predicted molar refractivity (Wildman–Crippen MR) is 82.2 cm³/mol. The van der Waals surface area contributed by atoms with Crippen LogP contribution in [0.3, 0.4) is 0 Å². The van der Waals surface area contributed by atoms with Gasteiger partial charge in [-0.25, -0.2) is 4.79 Å². The van der Waals surface area contributed by atoms with Gasteiger partial charge in [0.15, 0.2) is 0 Å². The number of aliphatic hydroxyl groups excluding tert-OH is 1. The Labute approximate surface area is 127 Å². The average molecular weight is 298 g/mol. The van der Waals surface area contributed by atoms with Crippen molar-refractivity contribution in [2.75, 3.05) is 13.2 Å². The molecule has 0 aromatic rings. The summed E-state index contributed by atoms with van der Waals surface area (Å²) in [5.74, 6) is 0. The van der Waals surface area contributed by atoms with Crippen molar-refractivity contribution in [1.82, 2.24) is 10.6 Å². The number of aliphatic hydroxyl groups is 1. The normalized spacial score (nSPS) is 32.6. The first-order valence-corrected chi connectivity index (χ1v) is 8.16. The summed E-state index contributed by atoms with van der Waals surface area (Å²) in [7, 11) is 0. The second kappa shape index (κ2) is 6.53. The molecule has 0 bridgehead atoms. The number of alkyl carbamates (subject to hydrolysis) is 1. The number of nitrogens with one attached hydrogen (secondary N) is 2. The topological polar surface area (TPSA) is 70.6 Å². The molecule has 1 amide bonds. The van der Waals surface area contributed by atoms with Crippen LogP contribution in [-0.2, 0) is 4.74 Å². The van der Waals surface area contributed by atoms with E-state index in [-0.39, 0.29) is 18.7 Å². The highest BCUT2D eigenvalue weighted by Gasteiger charge is 2.45. The Morgan fingerprint density at radius 2 is 1.86 bits per heavy atom. The molecule has 0 atom stereocenters. The number of hydrogen-bond donors (Lipinski definition) is 3. The Morgan fingerprint density at radius 1 is 1.24 bits per heavy atom. The summed E-state index contributed by atoms with van der Waals surface area (Å²) < 4.78 is 5.31. The van der Waals surface area contributed by atoms with Crippen molar-refractivity contribution < 1.29 is 14.6 Å². The molecule has 2 aliphatic rings. The minimum Gasteiger partial charge on any atom is -0.444 e. The Balaban J connectivity index is 1.66. The summed E-state index contributed by atoms with van der Waals surface area (Å²) in [6.07, 6.45) is 6.60. The van der Waals surface area contributed by atoms with Crippen LogP contribution in [0.15, 0.2) is 0 Å². The number of carbonyl (C=O) groups is 1. The van der Waals surface area contributed by atoms with Crippen LogP contribution in [0, 0.1) is 5.41 Å². The van der Waals surface area contributed by atoms with Gasteiger partial charge in [-0.1, -0.05) is 0 Å². The van der Waals surface area contributed by atoms with Gasteiger partial charge >= 0.3 is 6.09 Å². The Bertz CT molecular complexity index is 349. The molecule has 5 heteroatoms. The molecule has 0 heterocycles. The van der Waals surface area contributed by atoms with E-state index in [4.69, 9.17) is 9.84 Å². The second-order valence-electron chi connectivity index (χ2n) is 7.70. The molecule has 21 heavy (non-hydrogen) atoms. The van der Waals surface area contributed by atoms with Gasteiger partial charge in [0, 0.05) is 18.6 Å². The van der Waals surface area contributed by atoms with E-state index in [2.05, 4.69) is 10.6 Å². The molecule has 2 saturated carbocycles. The maximum absolute atomic E-state index is 11.8. The average Bonchev–Trinajstić information content (AvgIpc) is 2.33. The minimum atomic E-state index is -0.431. The summed E-state index contributed by atoms with van der Waals surface area (Å²) in [4.78, 5) is 11.8. The van der Waals surface area contributed by atoms with Gasteiger partial charge in [0.25, 0.3) is 0 Å². The maximum Gasteiger partial charge on any atom is 0.407 e. The van der Waals surface area contributed by atoms with Crippen LogP contribution in [0.25, 0.3) is 0 Å². The molecule has 2 fully saturated rings. The zero-order chi connectivity index (χ0) is 15.5.